The summed E-state index contributed by atoms with van der Waals surface area (Å²) in [7, 11) is 3.36. The lowest BCUT2D eigenvalue weighted by atomic mass is 9.78. The van der Waals surface area contributed by atoms with E-state index in [9.17, 15) is 27.9 Å². The van der Waals surface area contributed by atoms with Gasteiger partial charge in [-0.1, -0.05) is 41.9 Å². The van der Waals surface area contributed by atoms with Crippen molar-refractivity contribution in [3.63, 3.8) is 0 Å². The van der Waals surface area contributed by atoms with Crippen molar-refractivity contribution in [3.05, 3.63) is 64.7 Å². The van der Waals surface area contributed by atoms with Gasteiger partial charge in [0.15, 0.2) is 0 Å². The Morgan fingerprint density at radius 2 is 1.47 bits per heavy atom. The number of anilines is 1. The first-order valence-electron chi connectivity index (χ1n) is 12.8. The predicted octanol–water partition coefficient (Wildman–Crippen LogP) is 4.95. The van der Waals surface area contributed by atoms with E-state index in [0.717, 1.165) is 48.7 Å². The second kappa shape index (κ2) is 11.1. The van der Waals surface area contributed by atoms with Gasteiger partial charge in [0.1, 0.15) is 0 Å². The van der Waals surface area contributed by atoms with Crippen molar-refractivity contribution in [1.82, 2.24) is 9.80 Å². The van der Waals surface area contributed by atoms with Gasteiger partial charge in [0, 0.05) is 51.5 Å². The normalized spacial score (nSPS) is 19.2. The minimum absolute atomic E-state index is 0.150. The number of halogens is 4. The van der Waals surface area contributed by atoms with E-state index < -0.39 is 23.2 Å². The molecule has 1 N–H and O–H groups in total. The highest BCUT2D eigenvalue weighted by Gasteiger charge is 2.62. The average Bonchev–Trinajstić information content (AvgIpc) is 2.91. The number of likely N-dealkylation sites (tertiary alicyclic amines) is 1. The second-order valence-corrected chi connectivity index (χ2v) is 10.8. The summed E-state index contributed by atoms with van der Waals surface area (Å²) in [5.74, 6) is -0.746. The van der Waals surface area contributed by atoms with Crippen molar-refractivity contribution in [1.29, 1.82) is 0 Å². The van der Waals surface area contributed by atoms with Crippen molar-refractivity contribution >= 4 is 29.1 Å². The summed E-state index contributed by atoms with van der Waals surface area (Å²) >= 11 is 6.38. The fourth-order valence-electron chi connectivity index (χ4n) is 5.63. The Kier molecular flexibility index (Phi) is 8.28. The molecular weight excluding hydrogens is 519 g/mol. The minimum Gasteiger partial charge on any atom is -0.371 e. The van der Waals surface area contributed by atoms with E-state index in [2.05, 4.69) is 4.90 Å². The Morgan fingerprint density at radius 1 is 0.921 bits per heavy atom. The number of hydrogen-bond acceptors (Lipinski definition) is 4. The zero-order chi connectivity index (χ0) is 27.7. The van der Waals surface area contributed by atoms with Gasteiger partial charge >= 0.3 is 6.18 Å². The van der Waals surface area contributed by atoms with Crippen molar-refractivity contribution in [2.24, 2.45) is 11.8 Å². The van der Waals surface area contributed by atoms with Gasteiger partial charge < -0.3 is 19.8 Å². The molecule has 38 heavy (non-hydrogen) atoms. The third kappa shape index (κ3) is 5.50. The molecule has 2 aromatic rings. The third-order valence-corrected chi connectivity index (χ3v) is 8.21. The summed E-state index contributed by atoms with van der Waals surface area (Å²) < 4.78 is 41.8. The van der Waals surface area contributed by atoms with Gasteiger partial charge in [-0.15, -0.1) is 0 Å². The number of carbonyl (C=O) groups excluding carboxylic acids is 2. The van der Waals surface area contributed by atoms with Crippen molar-refractivity contribution < 1.29 is 27.9 Å². The number of amides is 2. The van der Waals surface area contributed by atoms with Gasteiger partial charge in [-0.2, -0.15) is 13.2 Å². The third-order valence-electron chi connectivity index (χ3n) is 7.90. The van der Waals surface area contributed by atoms with E-state index in [4.69, 9.17) is 11.6 Å². The zero-order valence-electron chi connectivity index (χ0n) is 21.5. The van der Waals surface area contributed by atoms with Crippen LogP contribution in [0.2, 0.25) is 5.02 Å². The van der Waals surface area contributed by atoms with E-state index in [-0.39, 0.29) is 19.0 Å². The van der Waals surface area contributed by atoms with Crippen LogP contribution in [0.25, 0.3) is 0 Å². The van der Waals surface area contributed by atoms with Crippen LogP contribution in [0.4, 0.5) is 18.9 Å². The fourth-order valence-corrected chi connectivity index (χ4v) is 5.89. The Bertz CT molecular complexity index is 1150. The highest BCUT2D eigenvalue weighted by molar-refractivity contribution is 6.34. The number of aliphatic hydroxyl groups is 1. The molecule has 0 spiro atoms. The van der Waals surface area contributed by atoms with Gasteiger partial charge in [0.2, 0.25) is 0 Å². The van der Waals surface area contributed by atoms with E-state index in [1.807, 2.05) is 12.1 Å². The molecular formula is C28H33ClF3N3O3. The molecule has 1 atom stereocenters. The molecule has 0 aromatic heterocycles. The van der Waals surface area contributed by atoms with E-state index in [0.29, 0.717) is 35.3 Å². The van der Waals surface area contributed by atoms with Gasteiger partial charge in [0.05, 0.1) is 10.6 Å². The van der Waals surface area contributed by atoms with Gasteiger partial charge in [-0.3, -0.25) is 9.59 Å². The van der Waals surface area contributed by atoms with Crippen LogP contribution in [-0.4, -0.2) is 73.2 Å². The molecule has 0 radical (unpaired) electrons. The molecule has 2 aromatic carbocycles. The van der Waals surface area contributed by atoms with Crippen molar-refractivity contribution in [2.45, 2.75) is 37.5 Å². The number of benzene rings is 2. The van der Waals surface area contributed by atoms with Crippen LogP contribution in [0.1, 0.15) is 41.6 Å². The minimum atomic E-state index is -5.13. The highest BCUT2D eigenvalue weighted by atomic mass is 35.5. The summed E-state index contributed by atoms with van der Waals surface area (Å²) in [6.07, 6.45) is -2.08. The molecule has 2 aliphatic heterocycles. The lowest BCUT2D eigenvalue weighted by Crippen LogP contribution is -2.57. The largest absolute Gasteiger partial charge is 0.430 e. The van der Waals surface area contributed by atoms with E-state index in [1.54, 1.807) is 20.2 Å². The maximum atomic E-state index is 13.9. The van der Waals surface area contributed by atoms with Crippen LogP contribution in [0.15, 0.2) is 48.5 Å². The first-order chi connectivity index (χ1) is 17.9. The Hall–Kier alpha value is -2.78. The summed E-state index contributed by atoms with van der Waals surface area (Å²) in [4.78, 5) is 30.1. The monoisotopic (exact) mass is 551 g/mol. The molecule has 0 aliphatic carbocycles. The maximum Gasteiger partial charge on any atom is 0.430 e. The van der Waals surface area contributed by atoms with Gasteiger partial charge in [-0.25, -0.2) is 0 Å². The van der Waals surface area contributed by atoms with Crippen LogP contribution in [0, 0.1) is 11.8 Å². The van der Waals surface area contributed by atoms with E-state index >= 15 is 0 Å². The standard InChI is InChI=1S/C28H33ClF3N3O3/c1-33(2)25(36)23-9-8-22(18-24(23)29)34-14-10-19(11-15-34)20-12-16-35(17-13-20)26(37)27(38,28(30,31)32)21-6-4-3-5-7-21/h3-9,18-20,38H,10-17H2,1-2H3. The number of piperidine rings is 2. The lowest BCUT2D eigenvalue weighted by molar-refractivity contribution is -0.262. The Labute approximate surface area is 226 Å². The van der Waals surface area contributed by atoms with Crippen LogP contribution in [0.5, 0.6) is 0 Å². The molecule has 2 heterocycles. The predicted molar refractivity (Wildman–Crippen MR) is 140 cm³/mol. The second-order valence-electron chi connectivity index (χ2n) is 10.4. The zero-order valence-corrected chi connectivity index (χ0v) is 22.3. The molecule has 1 unspecified atom stereocenters. The molecule has 6 nitrogen and oxygen atoms in total. The molecule has 2 amide bonds. The molecule has 0 saturated carbocycles. The van der Waals surface area contributed by atoms with Gasteiger partial charge in [-0.05, 0) is 55.7 Å². The molecule has 2 fully saturated rings. The SMILES string of the molecule is CN(C)C(=O)c1ccc(N2CCC(C3CCN(C(=O)C(O)(c4ccccc4)C(F)(F)F)CC3)CC2)cc1Cl. The Morgan fingerprint density at radius 3 is 1.97 bits per heavy atom. The number of hydrogen-bond donors (Lipinski definition) is 1. The average molecular weight is 552 g/mol. The van der Waals surface area contributed by atoms with E-state index in [1.165, 1.54) is 23.1 Å². The smallest absolute Gasteiger partial charge is 0.371 e. The summed E-state index contributed by atoms with van der Waals surface area (Å²) in [5, 5.41) is 11.0. The van der Waals surface area contributed by atoms with Crippen molar-refractivity contribution in [3.8, 4) is 0 Å². The summed E-state index contributed by atoms with van der Waals surface area (Å²) in [6.45, 7) is 1.99. The lowest BCUT2D eigenvalue weighted by Gasteiger charge is -2.42. The molecule has 0 bridgehead atoms. The number of alkyl halides is 3. The maximum absolute atomic E-state index is 13.9. The molecule has 206 valence electrons. The van der Waals surface area contributed by atoms with Crippen LogP contribution >= 0.6 is 11.6 Å². The van der Waals surface area contributed by atoms with Crippen molar-refractivity contribution in [2.75, 3.05) is 45.2 Å². The molecule has 10 heteroatoms. The topological polar surface area (TPSA) is 64.1 Å². The fraction of sp³-hybridized carbons (Fsp3) is 0.500. The number of rotatable bonds is 5. The summed E-state index contributed by atoms with van der Waals surface area (Å²) in [5.41, 5.74) is -2.61. The number of carbonyl (C=O) groups is 2. The van der Waals surface area contributed by atoms with Crippen LogP contribution in [-0.2, 0) is 10.4 Å². The van der Waals surface area contributed by atoms with Gasteiger partial charge in [0.25, 0.3) is 17.4 Å². The summed E-state index contributed by atoms with van der Waals surface area (Å²) in [6, 6.07) is 12.0. The quantitative estimate of drug-likeness (QED) is 0.571. The number of nitrogens with zero attached hydrogens (tertiary/aromatic N) is 3. The highest BCUT2D eigenvalue weighted by Crippen LogP contribution is 2.42. The van der Waals surface area contributed by atoms with Crippen LogP contribution in [0.3, 0.4) is 0 Å². The first kappa shape index (κ1) is 28.2. The molecule has 2 aliphatic rings. The van der Waals surface area contributed by atoms with Crippen LogP contribution < -0.4 is 4.90 Å². The Balaban J connectivity index is 1.34. The molecule has 2 saturated heterocycles. The molecule has 4 rings (SSSR count). The first-order valence-corrected chi connectivity index (χ1v) is 13.2.